The molecule has 0 fully saturated rings. The van der Waals surface area contributed by atoms with Gasteiger partial charge in [-0.15, -0.1) is 11.3 Å². The zero-order valence-corrected chi connectivity index (χ0v) is 18.3. The van der Waals surface area contributed by atoms with Gasteiger partial charge < -0.3 is 15.4 Å². The number of aryl methyl sites for hydroxylation is 1. The number of carbonyl (C=O) groups excluding carboxylic acids is 1. The van der Waals surface area contributed by atoms with E-state index in [0.29, 0.717) is 10.7 Å². The molecule has 0 unspecified atom stereocenters. The second-order valence-corrected chi connectivity index (χ2v) is 9.17. The van der Waals surface area contributed by atoms with Crippen molar-refractivity contribution in [1.29, 1.82) is 0 Å². The van der Waals surface area contributed by atoms with E-state index in [0.717, 1.165) is 45.3 Å². The Morgan fingerprint density at radius 2 is 1.83 bits per heavy atom. The Kier molecular flexibility index (Phi) is 6.18. The van der Waals surface area contributed by atoms with Crippen LogP contribution in [0, 0.1) is 0 Å². The number of nitrogens with one attached hydrogen (secondary N) is 2. The number of thiocarbonyl (C=S) groups is 1. The normalized spacial score (nSPS) is 12.3. The highest BCUT2D eigenvalue weighted by Gasteiger charge is 2.27. The highest BCUT2D eigenvalue weighted by Crippen LogP contribution is 2.40. The first-order valence-corrected chi connectivity index (χ1v) is 11.3. The number of carbonyl (C=O) groups is 1. The molecule has 0 bridgehead atoms. The molecular formula is C22H20N2O2S3. The number of hydrogen-bond donors (Lipinski definition) is 2. The van der Waals surface area contributed by atoms with E-state index < -0.39 is 0 Å². The van der Waals surface area contributed by atoms with Crippen LogP contribution < -0.4 is 10.6 Å². The Bertz CT molecular complexity index is 1050. The monoisotopic (exact) mass is 440 g/mol. The van der Waals surface area contributed by atoms with E-state index in [1.165, 1.54) is 12.0 Å². The minimum atomic E-state index is -0.310. The van der Waals surface area contributed by atoms with Gasteiger partial charge >= 0.3 is 5.97 Å². The zero-order valence-electron chi connectivity index (χ0n) is 15.9. The lowest BCUT2D eigenvalue weighted by atomic mass is 10.1. The molecule has 2 aromatic carbocycles. The summed E-state index contributed by atoms with van der Waals surface area (Å²) in [5.74, 6) is -0.310. The van der Waals surface area contributed by atoms with E-state index in [-0.39, 0.29) is 5.97 Å². The Balaban J connectivity index is 1.52. The molecule has 148 valence electrons. The van der Waals surface area contributed by atoms with E-state index in [9.17, 15) is 4.79 Å². The van der Waals surface area contributed by atoms with Gasteiger partial charge in [0.25, 0.3) is 0 Å². The molecular weight excluding hydrogens is 420 g/mol. The predicted molar refractivity (Wildman–Crippen MR) is 125 cm³/mol. The molecule has 1 aromatic heterocycles. The molecule has 4 rings (SSSR count). The van der Waals surface area contributed by atoms with Gasteiger partial charge in [0.1, 0.15) is 5.00 Å². The summed E-state index contributed by atoms with van der Waals surface area (Å²) in [4.78, 5) is 15.8. The lowest BCUT2D eigenvalue weighted by Crippen LogP contribution is -2.20. The maximum atomic E-state index is 12.3. The fraction of sp³-hybridized carbons (Fsp3) is 0.182. The minimum Gasteiger partial charge on any atom is -0.465 e. The van der Waals surface area contributed by atoms with Crippen LogP contribution in [0.15, 0.2) is 64.4 Å². The van der Waals surface area contributed by atoms with Gasteiger partial charge in [-0.3, -0.25) is 0 Å². The zero-order chi connectivity index (χ0) is 20.2. The summed E-state index contributed by atoms with van der Waals surface area (Å²) in [6.45, 7) is 0. The number of hydrogen-bond acceptors (Lipinski definition) is 5. The minimum absolute atomic E-state index is 0.310. The summed E-state index contributed by atoms with van der Waals surface area (Å²) >= 11 is 8.82. The smallest absolute Gasteiger partial charge is 0.341 e. The molecule has 0 saturated heterocycles. The second-order valence-electron chi connectivity index (χ2n) is 6.54. The number of anilines is 2. The molecule has 0 saturated carbocycles. The Labute approximate surface area is 183 Å². The van der Waals surface area contributed by atoms with Crippen molar-refractivity contribution in [2.45, 2.75) is 29.1 Å². The lowest BCUT2D eigenvalue weighted by Gasteiger charge is -2.14. The summed E-state index contributed by atoms with van der Waals surface area (Å²) in [7, 11) is 1.42. The SMILES string of the molecule is COC(=O)c1c(NC(=S)Nc2ccccc2Sc2ccccc2)sc2c1CCC2. The van der Waals surface area contributed by atoms with Crippen LogP contribution in [-0.4, -0.2) is 18.2 Å². The molecule has 0 amide bonds. The number of rotatable bonds is 5. The van der Waals surface area contributed by atoms with Crippen LogP contribution in [0.2, 0.25) is 0 Å². The molecule has 29 heavy (non-hydrogen) atoms. The summed E-state index contributed by atoms with van der Waals surface area (Å²) < 4.78 is 5.01. The van der Waals surface area contributed by atoms with Crippen molar-refractivity contribution in [3.8, 4) is 0 Å². The highest BCUT2D eigenvalue weighted by molar-refractivity contribution is 7.99. The molecule has 1 heterocycles. The van der Waals surface area contributed by atoms with Gasteiger partial charge in [-0.2, -0.15) is 0 Å². The standard InChI is InChI=1S/C22H20N2O2S3/c1-26-21(25)19-15-10-7-13-17(15)29-20(19)24-22(27)23-16-11-5-6-12-18(16)28-14-8-3-2-4-9-14/h2-6,8-9,11-12H,7,10,13H2,1H3,(H2,23,24,27). The van der Waals surface area contributed by atoms with Crippen LogP contribution in [0.25, 0.3) is 0 Å². The van der Waals surface area contributed by atoms with Crippen molar-refractivity contribution in [1.82, 2.24) is 0 Å². The molecule has 1 aliphatic carbocycles. The molecule has 4 nitrogen and oxygen atoms in total. The van der Waals surface area contributed by atoms with E-state index in [1.807, 2.05) is 36.4 Å². The fourth-order valence-electron chi connectivity index (χ4n) is 3.34. The number of methoxy groups -OCH3 is 1. The Morgan fingerprint density at radius 3 is 2.62 bits per heavy atom. The van der Waals surface area contributed by atoms with Crippen molar-refractivity contribution in [2.24, 2.45) is 0 Å². The lowest BCUT2D eigenvalue weighted by molar-refractivity contribution is 0.0601. The first-order valence-electron chi connectivity index (χ1n) is 9.28. The summed E-state index contributed by atoms with van der Waals surface area (Å²) in [6.07, 6.45) is 3.00. The average Bonchev–Trinajstić information content (AvgIpc) is 3.30. The van der Waals surface area contributed by atoms with Crippen LogP contribution in [0.5, 0.6) is 0 Å². The maximum Gasteiger partial charge on any atom is 0.341 e. The number of fused-ring (bicyclic) bond motifs is 1. The van der Waals surface area contributed by atoms with Gasteiger partial charge in [0, 0.05) is 14.7 Å². The van der Waals surface area contributed by atoms with Crippen LogP contribution in [-0.2, 0) is 17.6 Å². The van der Waals surface area contributed by atoms with Crippen LogP contribution in [0.3, 0.4) is 0 Å². The highest BCUT2D eigenvalue weighted by atomic mass is 32.2. The number of esters is 1. The Hall–Kier alpha value is -2.35. The van der Waals surface area contributed by atoms with Crippen molar-refractivity contribution in [2.75, 3.05) is 17.7 Å². The first kappa shape index (κ1) is 19.9. The molecule has 0 atom stereocenters. The second kappa shape index (κ2) is 8.98. The third-order valence-corrected chi connectivity index (χ3v) is 7.14. The molecule has 2 N–H and O–H groups in total. The van der Waals surface area contributed by atoms with Crippen molar-refractivity contribution < 1.29 is 9.53 Å². The largest absolute Gasteiger partial charge is 0.465 e. The predicted octanol–water partition coefficient (Wildman–Crippen LogP) is 5.98. The van der Waals surface area contributed by atoms with E-state index >= 15 is 0 Å². The first-order chi connectivity index (χ1) is 14.2. The van der Waals surface area contributed by atoms with Gasteiger partial charge in [0.05, 0.1) is 18.4 Å². The number of thiophene rings is 1. The van der Waals surface area contributed by atoms with Crippen molar-refractivity contribution in [3.05, 3.63) is 70.6 Å². The third-order valence-electron chi connectivity index (χ3n) is 4.64. The number of ether oxygens (including phenoxy) is 1. The molecule has 3 aromatic rings. The summed E-state index contributed by atoms with van der Waals surface area (Å²) in [6, 6.07) is 18.2. The number of para-hydroxylation sites is 1. The van der Waals surface area contributed by atoms with Crippen LogP contribution >= 0.6 is 35.3 Å². The van der Waals surface area contributed by atoms with E-state index in [4.69, 9.17) is 17.0 Å². The van der Waals surface area contributed by atoms with Crippen LogP contribution in [0.4, 0.5) is 10.7 Å². The fourth-order valence-corrected chi connectivity index (χ4v) is 5.82. The number of benzene rings is 2. The summed E-state index contributed by atoms with van der Waals surface area (Å²) in [5, 5.41) is 7.72. The average molecular weight is 441 g/mol. The van der Waals surface area contributed by atoms with Crippen molar-refractivity contribution in [3.63, 3.8) is 0 Å². The van der Waals surface area contributed by atoms with Crippen LogP contribution in [0.1, 0.15) is 27.2 Å². The molecule has 1 aliphatic rings. The van der Waals surface area contributed by atoms with E-state index in [2.05, 4.69) is 28.8 Å². The molecule has 0 radical (unpaired) electrons. The topological polar surface area (TPSA) is 50.4 Å². The molecule has 7 heteroatoms. The van der Waals surface area contributed by atoms with Gasteiger partial charge in [-0.1, -0.05) is 42.1 Å². The maximum absolute atomic E-state index is 12.3. The molecule has 0 aliphatic heterocycles. The Morgan fingerprint density at radius 1 is 1.07 bits per heavy atom. The van der Waals surface area contributed by atoms with Crippen molar-refractivity contribution >= 4 is 57.1 Å². The third kappa shape index (κ3) is 4.47. The summed E-state index contributed by atoms with van der Waals surface area (Å²) in [5.41, 5.74) is 2.65. The van der Waals surface area contributed by atoms with E-state index in [1.54, 1.807) is 23.1 Å². The quantitative estimate of drug-likeness (QED) is 0.376. The van der Waals surface area contributed by atoms with Gasteiger partial charge in [0.2, 0.25) is 0 Å². The van der Waals surface area contributed by atoms with Gasteiger partial charge in [0.15, 0.2) is 5.11 Å². The van der Waals surface area contributed by atoms with Gasteiger partial charge in [-0.05, 0) is 61.3 Å². The van der Waals surface area contributed by atoms with Gasteiger partial charge in [-0.25, -0.2) is 4.79 Å². The molecule has 0 spiro atoms.